The second kappa shape index (κ2) is 2.69. The van der Waals surface area contributed by atoms with E-state index in [0.717, 1.165) is 0 Å². The van der Waals surface area contributed by atoms with E-state index in [0.29, 0.717) is 5.04 Å². The number of hydrogen-bond donors (Lipinski definition) is 0. The molecule has 0 aromatic heterocycles. The van der Waals surface area contributed by atoms with Gasteiger partial charge in [0, 0.05) is 9.52 Å². The van der Waals surface area contributed by atoms with Gasteiger partial charge in [-0.3, -0.25) is 0 Å². The average Bonchev–Trinajstić information content (AvgIpc) is 2.36. The second-order valence-electron chi connectivity index (χ2n) is 3.13. The maximum Gasteiger partial charge on any atom is 0.0287 e. The summed E-state index contributed by atoms with van der Waals surface area (Å²) in [6.45, 7) is 6.33. The van der Waals surface area contributed by atoms with Crippen molar-refractivity contribution in [3.8, 4) is 0 Å². The molecule has 0 bridgehead atoms. The van der Waals surface area contributed by atoms with Crippen molar-refractivity contribution < 1.29 is 0 Å². The van der Waals surface area contributed by atoms with E-state index in [1.807, 2.05) is 0 Å². The summed E-state index contributed by atoms with van der Waals surface area (Å²) in [4.78, 5) is 0. The Balaban J connectivity index is 2.55. The molecule has 0 aromatic carbocycles. The van der Waals surface area contributed by atoms with Gasteiger partial charge in [0.05, 0.1) is 0 Å². The zero-order chi connectivity index (χ0) is 6.74. The Morgan fingerprint density at radius 1 is 1.44 bits per heavy atom. The van der Waals surface area contributed by atoms with Gasteiger partial charge in [-0.2, -0.15) is 0 Å². The highest BCUT2D eigenvalue weighted by Crippen LogP contribution is 2.44. The maximum absolute atomic E-state index is 3.92. The molecule has 1 rings (SSSR count). The van der Waals surface area contributed by atoms with Gasteiger partial charge in [0.25, 0.3) is 0 Å². The predicted molar refractivity (Wildman–Crippen MR) is 45.8 cm³/mol. The van der Waals surface area contributed by atoms with Gasteiger partial charge in [-0.25, -0.2) is 0 Å². The summed E-state index contributed by atoms with van der Waals surface area (Å²) in [6.07, 6.45) is 8.02. The Bertz CT molecular complexity index is 101. The van der Waals surface area contributed by atoms with Crippen LogP contribution in [-0.4, -0.2) is 9.52 Å². The second-order valence-corrected chi connectivity index (χ2v) is 5.24. The van der Waals surface area contributed by atoms with E-state index in [4.69, 9.17) is 0 Å². The highest BCUT2D eigenvalue weighted by Gasteiger charge is 2.28. The first-order chi connectivity index (χ1) is 4.33. The van der Waals surface area contributed by atoms with Crippen molar-refractivity contribution in [2.24, 2.45) is 0 Å². The molecule has 0 spiro atoms. The number of allylic oxidation sites excluding steroid dienone is 1. The van der Waals surface area contributed by atoms with Crippen LogP contribution < -0.4 is 0 Å². The van der Waals surface area contributed by atoms with E-state index in [9.17, 15) is 0 Å². The summed E-state index contributed by atoms with van der Waals surface area (Å²) in [5.41, 5.74) is 0. The monoisotopic (exact) mass is 140 g/mol. The fourth-order valence-electron chi connectivity index (χ4n) is 1.78. The topological polar surface area (TPSA) is 0 Å². The fourth-order valence-corrected chi connectivity index (χ4v) is 3.28. The lowest BCUT2D eigenvalue weighted by Crippen LogP contribution is -2.09. The van der Waals surface area contributed by atoms with Gasteiger partial charge in [-0.1, -0.05) is 25.5 Å². The minimum Gasteiger partial charge on any atom is -0.103 e. The van der Waals surface area contributed by atoms with Gasteiger partial charge in [0.1, 0.15) is 0 Å². The molecule has 1 fully saturated rings. The average molecular weight is 140 g/mol. The lowest BCUT2D eigenvalue weighted by atomic mass is 10.1. The van der Waals surface area contributed by atoms with Crippen LogP contribution in [0.1, 0.15) is 25.7 Å². The Kier molecular flexibility index (Phi) is 2.12. The van der Waals surface area contributed by atoms with Crippen LogP contribution in [0, 0.1) is 0 Å². The van der Waals surface area contributed by atoms with Crippen molar-refractivity contribution >= 4 is 9.52 Å². The van der Waals surface area contributed by atoms with Gasteiger partial charge < -0.3 is 0 Å². The van der Waals surface area contributed by atoms with Crippen LogP contribution in [0.15, 0.2) is 12.7 Å². The molecular formula is C8H16Si. The van der Waals surface area contributed by atoms with E-state index in [-0.39, 0.29) is 9.52 Å². The Morgan fingerprint density at radius 2 is 2.00 bits per heavy atom. The van der Waals surface area contributed by atoms with Crippen LogP contribution in [0.4, 0.5) is 0 Å². The highest BCUT2D eigenvalue weighted by molar-refractivity contribution is 6.39. The van der Waals surface area contributed by atoms with Crippen molar-refractivity contribution in [3.05, 3.63) is 12.7 Å². The minimum absolute atomic E-state index is 0.166. The minimum atomic E-state index is 0.166. The van der Waals surface area contributed by atoms with E-state index in [1.54, 1.807) is 0 Å². The number of rotatable bonds is 2. The SMILES string of the molecule is C=CC1([SiH2]C)CCCC1. The van der Waals surface area contributed by atoms with Gasteiger partial charge >= 0.3 is 0 Å². The quantitative estimate of drug-likeness (QED) is 0.407. The Hall–Kier alpha value is -0.0431. The smallest absolute Gasteiger partial charge is 0.0287 e. The van der Waals surface area contributed by atoms with Crippen LogP contribution in [0.2, 0.25) is 11.6 Å². The molecule has 1 saturated carbocycles. The highest BCUT2D eigenvalue weighted by atomic mass is 28.2. The Morgan fingerprint density at radius 3 is 2.22 bits per heavy atom. The van der Waals surface area contributed by atoms with Crippen LogP contribution in [0.5, 0.6) is 0 Å². The normalized spacial score (nSPS) is 25.4. The van der Waals surface area contributed by atoms with Crippen molar-refractivity contribution in [1.29, 1.82) is 0 Å². The summed E-state index contributed by atoms with van der Waals surface area (Å²) in [5.74, 6) is 0. The summed E-state index contributed by atoms with van der Waals surface area (Å²) in [5, 5.41) is 0.681. The first kappa shape index (κ1) is 7.07. The first-order valence-electron chi connectivity index (χ1n) is 3.96. The van der Waals surface area contributed by atoms with E-state index < -0.39 is 0 Å². The lowest BCUT2D eigenvalue weighted by molar-refractivity contribution is 0.706. The summed E-state index contributed by atoms with van der Waals surface area (Å²) in [7, 11) is 0.166. The molecule has 0 saturated heterocycles. The summed E-state index contributed by atoms with van der Waals surface area (Å²) >= 11 is 0. The molecule has 1 aliphatic carbocycles. The van der Waals surface area contributed by atoms with Gasteiger partial charge in [-0.15, -0.1) is 6.58 Å². The molecule has 0 radical (unpaired) electrons. The van der Waals surface area contributed by atoms with Crippen LogP contribution in [0.3, 0.4) is 0 Å². The van der Waals surface area contributed by atoms with Crippen molar-refractivity contribution in [2.75, 3.05) is 0 Å². The standard InChI is InChI=1S/C8H16Si/c1-3-8(9-2)6-4-5-7-8/h3H,1,4-7,9H2,2H3. The zero-order valence-corrected chi connectivity index (χ0v) is 7.73. The molecule has 0 amide bonds. The van der Waals surface area contributed by atoms with E-state index in [1.165, 1.54) is 25.7 Å². The van der Waals surface area contributed by atoms with Crippen LogP contribution in [-0.2, 0) is 0 Å². The van der Waals surface area contributed by atoms with Gasteiger partial charge in [0.2, 0.25) is 0 Å². The van der Waals surface area contributed by atoms with Crippen molar-refractivity contribution in [3.63, 3.8) is 0 Å². The molecule has 0 N–H and O–H groups in total. The molecule has 0 aromatic rings. The first-order valence-corrected chi connectivity index (χ1v) is 6.09. The predicted octanol–water partition coefficient (Wildman–Crippen LogP) is 2.12. The molecule has 0 atom stereocenters. The largest absolute Gasteiger partial charge is 0.103 e. The molecule has 1 heteroatoms. The van der Waals surface area contributed by atoms with Crippen LogP contribution in [0.25, 0.3) is 0 Å². The molecule has 9 heavy (non-hydrogen) atoms. The Labute approximate surface area is 60.2 Å². The molecular weight excluding hydrogens is 124 g/mol. The third-order valence-electron chi connectivity index (χ3n) is 2.74. The summed E-state index contributed by atoms with van der Waals surface area (Å²) < 4.78 is 0. The molecule has 0 nitrogen and oxygen atoms in total. The molecule has 0 heterocycles. The third kappa shape index (κ3) is 1.26. The zero-order valence-electron chi connectivity index (χ0n) is 6.32. The molecule has 0 unspecified atom stereocenters. The molecule has 52 valence electrons. The van der Waals surface area contributed by atoms with E-state index in [2.05, 4.69) is 19.2 Å². The lowest BCUT2D eigenvalue weighted by Gasteiger charge is -2.21. The fraction of sp³-hybridized carbons (Fsp3) is 0.750. The van der Waals surface area contributed by atoms with Crippen molar-refractivity contribution in [2.45, 2.75) is 37.3 Å². The van der Waals surface area contributed by atoms with Crippen LogP contribution >= 0.6 is 0 Å². The van der Waals surface area contributed by atoms with Crippen molar-refractivity contribution in [1.82, 2.24) is 0 Å². The third-order valence-corrected chi connectivity index (χ3v) is 5.14. The summed E-state index contributed by atoms with van der Waals surface area (Å²) in [6, 6.07) is 0. The van der Waals surface area contributed by atoms with E-state index >= 15 is 0 Å². The maximum atomic E-state index is 3.92. The van der Waals surface area contributed by atoms with Gasteiger partial charge in [0.15, 0.2) is 0 Å². The van der Waals surface area contributed by atoms with Gasteiger partial charge in [-0.05, 0) is 17.9 Å². The number of hydrogen-bond acceptors (Lipinski definition) is 0. The molecule has 0 aliphatic heterocycles. The molecule has 1 aliphatic rings.